The molecule has 2 aliphatic rings. The molecule has 11 atom stereocenters. The van der Waals surface area contributed by atoms with Gasteiger partial charge in [0.2, 0.25) is 0 Å². The van der Waals surface area contributed by atoms with Crippen LogP contribution in [0.25, 0.3) is 0 Å². The Hall–Kier alpha value is -0.480. The molecule has 36 heavy (non-hydrogen) atoms. The predicted octanol–water partition coefficient (Wildman–Crippen LogP) is -1.48. The topological polar surface area (TPSA) is 199 Å². The van der Waals surface area contributed by atoms with Gasteiger partial charge in [-0.2, -0.15) is 0 Å². The summed E-state index contributed by atoms with van der Waals surface area (Å²) in [5, 5.41) is 80.5. The number of aliphatic hydroxyl groups is 8. The number of rotatable bonds is 16. The van der Waals surface area contributed by atoms with Gasteiger partial charge in [-0.25, -0.2) is 0 Å². The third-order valence-corrected chi connectivity index (χ3v) is 6.81. The van der Waals surface area contributed by atoms with E-state index >= 15 is 0 Å². The predicted molar refractivity (Wildman–Crippen MR) is 126 cm³/mol. The van der Waals surface area contributed by atoms with Crippen molar-refractivity contribution in [3.8, 4) is 0 Å². The van der Waals surface area contributed by atoms with Gasteiger partial charge >= 0.3 is 0 Å². The van der Waals surface area contributed by atoms with Gasteiger partial charge in [0.1, 0.15) is 48.8 Å². The third-order valence-electron chi connectivity index (χ3n) is 6.81. The van der Waals surface area contributed by atoms with Gasteiger partial charge in [-0.05, 0) is 6.42 Å². The van der Waals surface area contributed by atoms with Gasteiger partial charge in [-0.3, -0.25) is 0 Å². The van der Waals surface area contributed by atoms with Crippen molar-refractivity contribution < 1.29 is 59.8 Å². The molecule has 2 saturated heterocycles. The maximum Gasteiger partial charge on any atom is 0.189 e. The van der Waals surface area contributed by atoms with Gasteiger partial charge in [0.15, 0.2) is 12.6 Å². The van der Waals surface area contributed by atoms with Crippen molar-refractivity contribution in [1.29, 1.82) is 0 Å². The molecule has 214 valence electrons. The number of hydrogen-bond donors (Lipinski definition) is 8. The minimum Gasteiger partial charge on any atom is -0.394 e. The summed E-state index contributed by atoms with van der Waals surface area (Å²) in [5.41, 5.74) is 0. The van der Waals surface area contributed by atoms with Crippen molar-refractivity contribution in [1.82, 2.24) is 0 Å². The fourth-order valence-corrected chi connectivity index (χ4v) is 4.49. The Morgan fingerprint density at radius 3 is 1.78 bits per heavy atom. The molecule has 2 rings (SSSR count). The second-order valence-corrected chi connectivity index (χ2v) is 9.76. The van der Waals surface area contributed by atoms with Crippen LogP contribution in [0.5, 0.6) is 0 Å². The molecule has 2 fully saturated rings. The summed E-state index contributed by atoms with van der Waals surface area (Å²) in [6.07, 6.45) is -6.23. The molecule has 12 heteroatoms. The first-order chi connectivity index (χ1) is 17.2. The van der Waals surface area contributed by atoms with E-state index in [-0.39, 0.29) is 6.61 Å². The lowest BCUT2D eigenvalue weighted by Gasteiger charge is -2.45. The Labute approximate surface area is 212 Å². The zero-order valence-corrected chi connectivity index (χ0v) is 21.0. The van der Waals surface area contributed by atoms with Crippen LogP contribution in [0.3, 0.4) is 0 Å². The fourth-order valence-electron chi connectivity index (χ4n) is 4.49. The SMILES string of the molecule is CCCCCCCCCCC(O)CO[C@@H]1[C@@H](O)[C@@H](O[C@H]2O[C@H](CO)[C@@H](O)[C@H](O)[C@H]2O)O[C@H](CO)[C@H]1O. The minimum atomic E-state index is -1.73. The van der Waals surface area contributed by atoms with Crippen LogP contribution in [0.4, 0.5) is 0 Å². The van der Waals surface area contributed by atoms with Gasteiger partial charge in [0, 0.05) is 0 Å². The maximum atomic E-state index is 10.7. The second kappa shape index (κ2) is 16.5. The average Bonchev–Trinajstić information content (AvgIpc) is 2.87. The fraction of sp³-hybridized carbons (Fsp3) is 1.00. The van der Waals surface area contributed by atoms with E-state index in [1.807, 2.05) is 0 Å². The molecule has 2 heterocycles. The lowest BCUT2D eigenvalue weighted by Crippen LogP contribution is -2.64. The molecule has 0 radical (unpaired) electrons. The Morgan fingerprint density at radius 1 is 0.667 bits per heavy atom. The smallest absolute Gasteiger partial charge is 0.189 e. The minimum absolute atomic E-state index is 0.166. The van der Waals surface area contributed by atoms with Gasteiger partial charge in [0.25, 0.3) is 0 Å². The van der Waals surface area contributed by atoms with Crippen molar-refractivity contribution in [3.63, 3.8) is 0 Å². The van der Waals surface area contributed by atoms with Crippen LogP contribution in [0.2, 0.25) is 0 Å². The summed E-state index contributed by atoms with van der Waals surface area (Å²) >= 11 is 0. The quantitative estimate of drug-likeness (QED) is 0.109. The van der Waals surface area contributed by atoms with Crippen LogP contribution in [0.1, 0.15) is 64.7 Å². The maximum absolute atomic E-state index is 10.7. The molecule has 0 aromatic heterocycles. The molecule has 0 bridgehead atoms. The van der Waals surface area contributed by atoms with Crippen molar-refractivity contribution in [2.45, 2.75) is 132 Å². The van der Waals surface area contributed by atoms with Crippen LogP contribution in [-0.2, 0) is 18.9 Å². The molecule has 0 spiro atoms. The van der Waals surface area contributed by atoms with E-state index in [9.17, 15) is 40.9 Å². The van der Waals surface area contributed by atoms with Crippen molar-refractivity contribution in [2.75, 3.05) is 19.8 Å². The highest BCUT2D eigenvalue weighted by atomic mass is 16.8. The molecule has 0 amide bonds. The Kier molecular flexibility index (Phi) is 14.5. The first kappa shape index (κ1) is 31.7. The van der Waals surface area contributed by atoms with Crippen LogP contribution in [0.15, 0.2) is 0 Å². The Balaban J connectivity index is 1.85. The molecule has 2 aliphatic heterocycles. The van der Waals surface area contributed by atoms with E-state index in [4.69, 9.17) is 18.9 Å². The van der Waals surface area contributed by atoms with Gasteiger partial charge in [-0.1, -0.05) is 58.3 Å². The second-order valence-electron chi connectivity index (χ2n) is 9.76. The zero-order chi connectivity index (χ0) is 26.7. The van der Waals surface area contributed by atoms with Crippen molar-refractivity contribution >= 4 is 0 Å². The van der Waals surface area contributed by atoms with Gasteiger partial charge < -0.3 is 59.8 Å². The van der Waals surface area contributed by atoms with E-state index in [1.165, 1.54) is 32.1 Å². The molecule has 1 unspecified atom stereocenters. The molecule has 0 aromatic carbocycles. The monoisotopic (exact) mass is 526 g/mol. The molecule has 8 N–H and O–H groups in total. The number of aliphatic hydroxyl groups excluding tert-OH is 8. The van der Waals surface area contributed by atoms with E-state index in [1.54, 1.807) is 0 Å². The van der Waals surface area contributed by atoms with E-state index in [2.05, 4.69) is 6.92 Å². The molecular weight excluding hydrogens is 480 g/mol. The third kappa shape index (κ3) is 9.07. The molecule has 0 saturated carbocycles. The van der Waals surface area contributed by atoms with Crippen molar-refractivity contribution in [3.05, 3.63) is 0 Å². The molecular formula is C24H46O12. The lowest BCUT2D eigenvalue weighted by molar-refractivity contribution is -0.379. The number of unbranched alkanes of at least 4 members (excludes halogenated alkanes) is 7. The van der Waals surface area contributed by atoms with Crippen LogP contribution < -0.4 is 0 Å². The molecule has 0 aromatic rings. The number of hydrogen-bond acceptors (Lipinski definition) is 12. The zero-order valence-electron chi connectivity index (χ0n) is 21.0. The van der Waals surface area contributed by atoms with Crippen LogP contribution in [-0.4, -0.2) is 128 Å². The Morgan fingerprint density at radius 2 is 1.19 bits per heavy atom. The van der Waals surface area contributed by atoms with Gasteiger partial charge in [-0.15, -0.1) is 0 Å². The van der Waals surface area contributed by atoms with Crippen LogP contribution in [0, 0.1) is 0 Å². The highest BCUT2D eigenvalue weighted by Crippen LogP contribution is 2.29. The van der Waals surface area contributed by atoms with E-state index in [0.717, 1.165) is 19.3 Å². The normalized spacial score (nSPS) is 38.2. The van der Waals surface area contributed by atoms with E-state index < -0.39 is 80.7 Å². The first-order valence-electron chi connectivity index (χ1n) is 13.1. The summed E-state index contributed by atoms with van der Waals surface area (Å²) in [5.74, 6) is 0. The number of ether oxygens (including phenoxy) is 4. The largest absolute Gasteiger partial charge is 0.394 e. The lowest BCUT2D eigenvalue weighted by atomic mass is 9.98. The standard InChI is InChI=1S/C24H46O12/c1-2-3-4-5-6-7-8-9-10-14(27)13-33-22-18(29)16(12-26)35-24(21(22)32)36-23-20(31)19(30)17(28)15(11-25)34-23/h14-32H,2-13H2,1H3/t14?,15-,16-,17-,18-,19+,20-,21-,22+,23-,24-/m1/s1. The molecule has 0 aliphatic carbocycles. The molecule has 12 nitrogen and oxygen atoms in total. The summed E-state index contributed by atoms with van der Waals surface area (Å²) < 4.78 is 21.7. The summed E-state index contributed by atoms with van der Waals surface area (Å²) in [6.45, 7) is 0.710. The Bertz CT molecular complexity index is 581. The van der Waals surface area contributed by atoms with Gasteiger partial charge in [0.05, 0.1) is 25.9 Å². The summed E-state index contributed by atoms with van der Waals surface area (Å²) in [6, 6.07) is 0. The highest BCUT2D eigenvalue weighted by molar-refractivity contribution is 4.93. The summed E-state index contributed by atoms with van der Waals surface area (Å²) in [4.78, 5) is 0. The average molecular weight is 527 g/mol. The summed E-state index contributed by atoms with van der Waals surface area (Å²) in [7, 11) is 0. The first-order valence-corrected chi connectivity index (χ1v) is 13.1. The van der Waals surface area contributed by atoms with E-state index in [0.29, 0.717) is 6.42 Å². The van der Waals surface area contributed by atoms with Crippen LogP contribution >= 0.6 is 0 Å². The highest BCUT2D eigenvalue weighted by Gasteiger charge is 2.50. The van der Waals surface area contributed by atoms with Crippen molar-refractivity contribution in [2.24, 2.45) is 0 Å².